The Morgan fingerprint density at radius 3 is 2.50 bits per heavy atom. The number of amidine groups is 2. The van der Waals surface area contributed by atoms with Crippen LogP contribution in [0.1, 0.15) is 31.7 Å². The molecule has 1 unspecified atom stereocenters. The standard InChI is InChI=1S/C28H32N6O3S/c1-2-3-13-29-24(35)18-23-27(37)31-26-21-11-7-8-12-22(21)30-28(34(23)26)38-19-25(36)33-16-14-32(15-17-33)20-9-5-4-6-10-20/h4-12,23H,2-3,13-19H2,1H3,(H,29,35). The molecule has 1 atom stereocenters. The zero-order valence-corrected chi connectivity index (χ0v) is 22.3. The van der Waals surface area contributed by atoms with Gasteiger partial charge in [0.25, 0.3) is 5.91 Å². The van der Waals surface area contributed by atoms with Crippen LogP contribution in [0.5, 0.6) is 0 Å². The zero-order valence-electron chi connectivity index (χ0n) is 21.5. The van der Waals surface area contributed by atoms with Gasteiger partial charge in [0.15, 0.2) is 5.17 Å². The van der Waals surface area contributed by atoms with E-state index in [9.17, 15) is 14.4 Å². The van der Waals surface area contributed by atoms with Gasteiger partial charge in [0, 0.05) is 44.0 Å². The summed E-state index contributed by atoms with van der Waals surface area (Å²) in [6.45, 7) is 5.50. The lowest BCUT2D eigenvalue weighted by Gasteiger charge is -2.36. The fourth-order valence-electron chi connectivity index (χ4n) is 4.83. The Balaban J connectivity index is 1.26. The van der Waals surface area contributed by atoms with Crippen molar-refractivity contribution in [2.75, 3.05) is 43.4 Å². The zero-order chi connectivity index (χ0) is 26.5. The summed E-state index contributed by atoms with van der Waals surface area (Å²) in [5.74, 6) is 0.169. The number of amides is 3. The molecule has 1 fully saturated rings. The van der Waals surface area contributed by atoms with Gasteiger partial charge in [-0.15, -0.1) is 0 Å². The summed E-state index contributed by atoms with van der Waals surface area (Å²) in [6.07, 6.45) is 1.85. The van der Waals surface area contributed by atoms with E-state index in [4.69, 9.17) is 4.99 Å². The minimum atomic E-state index is -0.768. The SMILES string of the molecule is CCCCNC(=O)CC1C(=O)N=C2c3ccccc3N=C(SCC(=O)N3CCN(c4ccccc4)CC3)N21. The molecule has 2 aromatic rings. The van der Waals surface area contributed by atoms with Crippen molar-refractivity contribution < 1.29 is 14.4 Å². The second-order valence-electron chi connectivity index (χ2n) is 9.47. The van der Waals surface area contributed by atoms with Crippen molar-refractivity contribution in [3.63, 3.8) is 0 Å². The first kappa shape index (κ1) is 26.0. The third kappa shape index (κ3) is 5.60. The summed E-state index contributed by atoms with van der Waals surface area (Å²) >= 11 is 1.30. The Bertz CT molecular complexity index is 1260. The van der Waals surface area contributed by atoms with E-state index in [1.165, 1.54) is 17.4 Å². The van der Waals surface area contributed by atoms with Gasteiger partial charge in [0.1, 0.15) is 11.9 Å². The number of para-hydroxylation sites is 2. The van der Waals surface area contributed by atoms with Crippen molar-refractivity contribution in [2.45, 2.75) is 32.2 Å². The van der Waals surface area contributed by atoms with Gasteiger partial charge in [-0.25, -0.2) is 4.99 Å². The van der Waals surface area contributed by atoms with E-state index in [-0.39, 0.29) is 29.9 Å². The highest BCUT2D eigenvalue weighted by atomic mass is 32.2. The van der Waals surface area contributed by atoms with E-state index in [1.807, 2.05) is 47.4 Å². The monoisotopic (exact) mass is 532 g/mol. The number of anilines is 1. The molecule has 3 aliphatic heterocycles. The molecule has 3 amide bonds. The number of aliphatic imine (C=N–C) groups is 2. The molecule has 3 aliphatic rings. The number of fused-ring (bicyclic) bond motifs is 3. The molecule has 9 nitrogen and oxygen atoms in total. The van der Waals surface area contributed by atoms with E-state index >= 15 is 0 Å². The van der Waals surface area contributed by atoms with Gasteiger partial charge in [0.05, 0.1) is 17.9 Å². The first-order valence-electron chi connectivity index (χ1n) is 13.1. The summed E-state index contributed by atoms with van der Waals surface area (Å²) < 4.78 is 0. The van der Waals surface area contributed by atoms with Gasteiger partial charge in [-0.3, -0.25) is 19.3 Å². The molecule has 2 aromatic carbocycles. The predicted octanol–water partition coefficient (Wildman–Crippen LogP) is 3.03. The van der Waals surface area contributed by atoms with Crippen LogP contribution in [0.4, 0.5) is 11.4 Å². The van der Waals surface area contributed by atoms with E-state index < -0.39 is 6.04 Å². The van der Waals surface area contributed by atoms with Crippen LogP contribution in [0, 0.1) is 0 Å². The number of benzene rings is 2. The van der Waals surface area contributed by atoms with Crippen molar-refractivity contribution in [2.24, 2.45) is 9.98 Å². The van der Waals surface area contributed by atoms with Crippen molar-refractivity contribution in [3.05, 3.63) is 60.2 Å². The van der Waals surface area contributed by atoms with Gasteiger partial charge in [0.2, 0.25) is 11.8 Å². The van der Waals surface area contributed by atoms with Gasteiger partial charge >= 0.3 is 0 Å². The third-order valence-electron chi connectivity index (χ3n) is 6.92. The maximum absolute atomic E-state index is 13.1. The average Bonchev–Trinajstić information content (AvgIpc) is 3.28. The summed E-state index contributed by atoms with van der Waals surface area (Å²) in [7, 11) is 0. The van der Waals surface area contributed by atoms with Crippen molar-refractivity contribution >= 4 is 51.9 Å². The molecule has 0 aromatic heterocycles. The molecule has 0 radical (unpaired) electrons. The van der Waals surface area contributed by atoms with Gasteiger partial charge in [-0.1, -0.05) is 55.4 Å². The van der Waals surface area contributed by atoms with Crippen LogP contribution in [-0.4, -0.2) is 83.0 Å². The number of rotatable bonds is 8. The normalized spacial score (nSPS) is 18.5. The molecule has 0 saturated carbocycles. The predicted molar refractivity (Wildman–Crippen MR) is 151 cm³/mol. The van der Waals surface area contributed by atoms with Crippen molar-refractivity contribution in [1.29, 1.82) is 0 Å². The van der Waals surface area contributed by atoms with Crippen LogP contribution >= 0.6 is 11.8 Å². The highest BCUT2D eigenvalue weighted by Gasteiger charge is 2.43. The maximum atomic E-state index is 13.1. The van der Waals surface area contributed by atoms with Gasteiger partial charge < -0.3 is 15.1 Å². The van der Waals surface area contributed by atoms with Crippen LogP contribution in [0.3, 0.4) is 0 Å². The van der Waals surface area contributed by atoms with Gasteiger partial charge in [-0.2, -0.15) is 4.99 Å². The molecule has 38 heavy (non-hydrogen) atoms. The maximum Gasteiger partial charge on any atom is 0.271 e. The number of hydrogen-bond acceptors (Lipinski definition) is 7. The number of nitrogens with zero attached hydrogens (tertiary/aromatic N) is 5. The highest BCUT2D eigenvalue weighted by Crippen LogP contribution is 2.35. The molecule has 3 heterocycles. The second kappa shape index (κ2) is 11.8. The number of piperazine rings is 1. The minimum Gasteiger partial charge on any atom is -0.368 e. The fraction of sp³-hybridized carbons (Fsp3) is 0.393. The molecule has 1 N–H and O–H groups in total. The lowest BCUT2D eigenvalue weighted by molar-refractivity contribution is -0.128. The molecule has 198 valence electrons. The molecular weight excluding hydrogens is 500 g/mol. The van der Waals surface area contributed by atoms with Crippen LogP contribution in [-0.2, 0) is 14.4 Å². The van der Waals surface area contributed by atoms with Crippen LogP contribution in [0.15, 0.2) is 64.6 Å². The molecule has 1 saturated heterocycles. The topological polar surface area (TPSA) is 97.7 Å². The molecule has 0 bridgehead atoms. The lowest BCUT2D eigenvalue weighted by atomic mass is 10.1. The first-order valence-corrected chi connectivity index (χ1v) is 14.1. The quantitative estimate of drug-likeness (QED) is 0.525. The van der Waals surface area contributed by atoms with Crippen LogP contribution < -0.4 is 10.2 Å². The molecule has 10 heteroatoms. The number of carbonyl (C=O) groups is 3. The average molecular weight is 533 g/mol. The molecule has 0 aliphatic carbocycles. The minimum absolute atomic E-state index is 0.00726. The Hall–Kier alpha value is -3.66. The summed E-state index contributed by atoms with van der Waals surface area (Å²) in [6, 6.07) is 17.0. The van der Waals surface area contributed by atoms with Gasteiger partial charge in [-0.05, 0) is 30.7 Å². The lowest BCUT2D eigenvalue weighted by Crippen LogP contribution is -2.50. The van der Waals surface area contributed by atoms with Crippen LogP contribution in [0.2, 0.25) is 0 Å². The smallest absolute Gasteiger partial charge is 0.271 e. The summed E-state index contributed by atoms with van der Waals surface area (Å²) in [4.78, 5) is 53.7. The summed E-state index contributed by atoms with van der Waals surface area (Å²) in [5, 5.41) is 3.41. The van der Waals surface area contributed by atoms with Crippen molar-refractivity contribution in [1.82, 2.24) is 15.1 Å². The number of hydrogen-bond donors (Lipinski definition) is 1. The molecule has 0 spiro atoms. The highest BCUT2D eigenvalue weighted by molar-refractivity contribution is 8.14. The fourth-order valence-corrected chi connectivity index (χ4v) is 5.78. The molecular formula is C28H32N6O3S. The van der Waals surface area contributed by atoms with Crippen molar-refractivity contribution in [3.8, 4) is 0 Å². The molecule has 5 rings (SSSR count). The Kier molecular flexibility index (Phi) is 8.07. The Labute approximate surface area is 227 Å². The number of thioether (sulfide) groups is 1. The third-order valence-corrected chi connectivity index (χ3v) is 7.86. The van der Waals surface area contributed by atoms with E-state index in [2.05, 4.69) is 34.3 Å². The number of unbranched alkanes of at least 4 members (excludes halogenated alkanes) is 1. The largest absolute Gasteiger partial charge is 0.368 e. The Morgan fingerprint density at radius 1 is 1.00 bits per heavy atom. The van der Waals surface area contributed by atoms with E-state index in [1.54, 1.807) is 4.90 Å². The number of nitrogens with one attached hydrogen (secondary N) is 1. The van der Waals surface area contributed by atoms with E-state index in [0.717, 1.165) is 31.5 Å². The Morgan fingerprint density at radius 2 is 1.74 bits per heavy atom. The van der Waals surface area contributed by atoms with Crippen LogP contribution in [0.25, 0.3) is 0 Å². The first-order chi connectivity index (χ1) is 18.5. The summed E-state index contributed by atoms with van der Waals surface area (Å²) in [5.41, 5.74) is 2.62. The second-order valence-corrected chi connectivity index (χ2v) is 10.4. The number of carbonyl (C=O) groups excluding carboxylic acids is 3. The van der Waals surface area contributed by atoms with E-state index in [0.29, 0.717) is 36.3 Å².